The Morgan fingerprint density at radius 2 is 2.28 bits per heavy atom. The van der Waals surface area contributed by atoms with E-state index in [4.69, 9.17) is 5.11 Å². The van der Waals surface area contributed by atoms with Crippen molar-refractivity contribution >= 4 is 22.7 Å². The summed E-state index contributed by atoms with van der Waals surface area (Å²) < 4.78 is 13.2. The van der Waals surface area contributed by atoms with Crippen molar-refractivity contribution in [1.82, 2.24) is 20.1 Å². The van der Waals surface area contributed by atoms with Gasteiger partial charge in [0.05, 0.1) is 11.5 Å². The number of carbonyl (C=O) groups is 2. The molecule has 1 heterocycles. The molecule has 9 heteroatoms. The quantitative estimate of drug-likeness (QED) is 0.663. The van der Waals surface area contributed by atoms with Gasteiger partial charge in [0.15, 0.2) is 0 Å². The maximum absolute atomic E-state index is 11.8. The molecule has 0 saturated carbocycles. The lowest BCUT2D eigenvalue weighted by molar-refractivity contribution is -0.140. The van der Waals surface area contributed by atoms with E-state index < -0.39 is 28.7 Å². The van der Waals surface area contributed by atoms with E-state index in [1.54, 1.807) is 7.05 Å². The highest BCUT2D eigenvalue weighted by Crippen LogP contribution is 2.00. The highest BCUT2D eigenvalue weighted by Gasteiger charge is 2.22. The first-order valence-electron chi connectivity index (χ1n) is 5.08. The zero-order valence-corrected chi connectivity index (χ0v) is 10.8. The van der Waals surface area contributed by atoms with Crippen LogP contribution in [0, 0.1) is 0 Å². The highest BCUT2D eigenvalue weighted by atomic mass is 32.2. The van der Waals surface area contributed by atoms with Gasteiger partial charge in [0, 0.05) is 24.8 Å². The van der Waals surface area contributed by atoms with E-state index >= 15 is 0 Å². The normalized spacial score (nSPS) is 13.9. The molecule has 1 aromatic heterocycles. The average molecular weight is 274 g/mol. The lowest BCUT2D eigenvalue weighted by atomic mass is 10.3. The molecule has 18 heavy (non-hydrogen) atoms. The van der Waals surface area contributed by atoms with Gasteiger partial charge in [-0.2, -0.15) is 5.10 Å². The highest BCUT2D eigenvalue weighted by molar-refractivity contribution is 7.84. The summed E-state index contributed by atoms with van der Waals surface area (Å²) >= 11 is 0. The number of aliphatic carboxylic acids is 1. The Hall–Kier alpha value is -1.77. The van der Waals surface area contributed by atoms with Crippen molar-refractivity contribution in [2.24, 2.45) is 7.05 Å². The number of rotatable bonds is 6. The maximum Gasteiger partial charge on any atom is 0.327 e. The number of carboxylic acid groups (broad SMARTS) is 1. The molecule has 0 radical (unpaired) electrons. The molecule has 2 atom stereocenters. The third kappa shape index (κ3) is 4.24. The molecule has 0 aliphatic carbocycles. The second-order valence-corrected chi connectivity index (χ2v) is 5.14. The fourth-order valence-corrected chi connectivity index (χ4v) is 2.52. The summed E-state index contributed by atoms with van der Waals surface area (Å²) in [6, 6.07) is -1.16. The topological polar surface area (TPSA) is 114 Å². The summed E-state index contributed by atoms with van der Waals surface area (Å²) in [4.78, 5) is 25.6. The van der Waals surface area contributed by atoms with Gasteiger partial charge in [-0.05, 0) is 0 Å². The van der Waals surface area contributed by atoms with Crippen LogP contribution in [0.2, 0.25) is 0 Å². The van der Waals surface area contributed by atoms with E-state index in [0.717, 1.165) is 0 Å². The second-order valence-electron chi connectivity index (χ2n) is 3.64. The largest absolute Gasteiger partial charge is 0.480 e. The number of nitrogens with one attached hydrogen (secondary N) is 1. The molecule has 0 saturated heterocycles. The molecular formula is C9H14N4O4S. The van der Waals surface area contributed by atoms with E-state index in [2.05, 4.69) is 15.4 Å². The maximum atomic E-state index is 11.8. The van der Waals surface area contributed by atoms with Crippen LogP contribution in [0.4, 0.5) is 0 Å². The molecule has 1 aromatic rings. The van der Waals surface area contributed by atoms with Crippen molar-refractivity contribution in [3.63, 3.8) is 0 Å². The van der Waals surface area contributed by atoms with Crippen LogP contribution in [0.5, 0.6) is 0 Å². The van der Waals surface area contributed by atoms with Crippen LogP contribution >= 0.6 is 0 Å². The molecule has 1 rings (SSSR count). The Labute approximate surface area is 106 Å². The molecule has 0 aliphatic rings. The van der Waals surface area contributed by atoms with Crippen molar-refractivity contribution in [1.29, 1.82) is 0 Å². The van der Waals surface area contributed by atoms with E-state index in [9.17, 15) is 13.8 Å². The summed E-state index contributed by atoms with van der Waals surface area (Å²) in [5.41, 5.74) is 0. The Morgan fingerprint density at radius 3 is 2.72 bits per heavy atom. The van der Waals surface area contributed by atoms with E-state index in [1.807, 2.05) is 0 Å². The van der Waals surface area contributed by atoms with Gasteiger partial charge in [0.1, 0.15) is 18.2 Å². The van der Waals surface area contributed by atoms with Crippen molar-refractivity contribution in [3.05, 3.63) is 12.2 Å². The number of aryl methyl sites for hydroxylation is 1. The number of hydrogen-bond acceptors (Lipinski definition) is 5. The monoisotopic (exact) mass is 274 g/mol. The minimum Gasteiger partial charge on any atom is -0.480 e. The second kappa shape index (κ2) is 6.24. The fourth-order valence-electron chi connectivity index (χ4n) is 1.26. The predicted octanol–water partition coefficient (Wildman–Crippen LogP) is -1.35. The Morgan fingerprint density at radius 1 is 1.61 bits per heavy atom. The summed E-state index contributed by atoms with van der Waals surface area (Å²) in [5.74, 6) is -1.25. The fraction of sp³-hybridized carbons (Fsp3) is 0.556. The smallest absolute Gasteiger partial charge is 0.327 e. The van der Waals surface area contributed by atoms with Crippen LogP contribution < -0.4 is 5.32 Å². The standard InChI is InChI=1S/C9H14N4O4S/c1-6(14)12-7(9(15)16)3-18(17)4-8-10-5-11-13(8)2/h5,7H,3-4H2,1-2H3,(H,12,14)(H,15,16). The van der Waals surface area contributed by atoms with Gasteiger partial charge < -0.3 is 10.4 Å². The summed E-state index contributed by atoms with van der Waals surface area (Å²) in [6.07, 6.45) is 1.33. The minimum absolute atomic E-state index is 0.0971. The van der Waals surface area contributed by atoms with E-state index in [0.29, 0.717) is 5.82 Å². The molecule has 100 valence electrons. The van der Waals surface area contributed by atoms with Gasteiger partial charge in [0.25, 0.3) is 0 Å². The lowest BCUT2D eigenvalue weighted by Gasteiger charge is -2.12. The van der Waals surface area contributed by atoms with Crippen molar-refractivity contribution in [3.8, 4) is 0 Å². The van der Waals surface area contributed by atoms with E-state index in [1.165, 1.54) is 17.9 Å². The number of hydrogen-bond donors (Lipinski definition) is 2. The van der Waals surface area contributed by atoms with Crippen LogP contribution in [0.3, 0.4) is 0 Å². The molecule has 2 unspecified atom stereocenters. The Kier molecular flexibility index (Phi) is 4.95. The van der Waals surface area contributed by atoms with Crippen molar-refractivity contribution in [2.45, 2.75) is 18.7 Å². The molecule has 0 aromatic carbocycles. The zero-order chi connectivity index (χ0) is 13.7. The molecular weight excluding hydrogens is 260 g/mol. The van der Waals surface area contributed by atoms with Gasteiger partial charge in [-0.15, -0.1) is 0 Å². The number of amides is 1. The number of carbonyl (C=O) groups excluding carboxylic acids is 1. The molecule has 8 nitrogen and oxygen atoms in total. The Bertz CT molecular complexity index is 473. The van der Waals surface area contributed by atoms with E-state index in [-0.39, 0.29) is 11.5 Å². The molecule has 0 bridgehead atoms. The lowest BCUT2D eigenvalue weighted by Crippen LogP contribution is -2.43. The van der Waals surface area contributed by atoms with Crippen LogP contribution in [0.1, 0.15) is 12.7 Å². The average Bonchev–Trinajstić information content (AvgIpc) is 2.62. The molecule has 0 spiro atoms. The number of carboxylic acids is 1. The number of aromatic nitrogens is 3. The minimum atomic E-state index is -1.45. The molecule has 1 amide bonds. The van der Waals surface area contributed by atoms with Crippen molar-refractivity contribution in [2.75, 3.05) is 5.75 Å². The molecule has 2 N–H and O–H groups in total. The van der Waals surface area contributed by atoms with Crippen LogP contribution in [-0.4, -0.2) is 47.8 Å². The Balaban J connectivity index is 2.59. The van der Waals surface area contributed by atoms with Gasteiger partial charge in [-0.1, -0.05) is 0 Å². The molecule has 0 aliphatic heterocycles. The van der Waals surface area contributed by atoms with Crippen LogP contribution in [-0.2, 0) is 33.2 Å². The van der Waals surface area contributed by atoms with Gasteiger partial charge in [-0.25, -0.2) is 9.78 Å². The first-order chi connectivity index (χ1) is 8.40. The first kappa shape index (κ1) is 14.3. The summed E-state index contributed by atoms with van der Waals surface area (Å²) in [7, 11) is 0.209. The zero-order valence-electron chi connectivity index (χ0n) is 9.99. The third-order valence-corrected chi connectivity index (χ3v) is 3.41. The summed E-state index contributed by atoms with van der Waals surface area (Å²) in [6.45, 7) is 1.21. The predicted molar refractivity (Wildman–Crippen MR) is 63.0 cm³/mol. The van der Waals surface area contributed by atoms with Crippen LogP contribution in [0.25, 0.3) is 0 Å². The van der Waals surface area contributed by atoms with Crippen molar-refractivity contribution < 1.29 is 18.9 Å². The van der Waals surface area contributed by atoms with Gasteiger partial charge in [0.2, 0.25) is 5.91 Å². The summed E-state index contributed by atoms with van der Waals surface area (Å²) in [5, 5.41) is 14.9. The SMILES string of the molecule is CC(=O)NC(CS(=O)Cc1ncnn1C)C(=O)O. The molecule has 0 fully saturated rings. The van der Waals surface area contributed by atoms with Crippen LogP contribution in [0.15, 0.2) is 6.33 Å². The van der Waals surface area contributed by atoms with Gasteiger partial charge in [-0.3, -0.25) is 13.7 Å². The van der Waals surface area contributed by atoms with Gasteiger partial charge >= 0.3 is 5.97 Å². The number of nitrogens with zero attached hydrogens (tertiary/aromatic N) is 3. The first-order valence-corrected chi connectivity index (χ1v) is 6.56. The third-order valence-electron chi connectivity index (χ3n) is 2.12.